The van der Waals surface area contributed by atoms with E-state index in [0.717, 1.165) is 16.8 Å². The van der Waals surface area contributed by atoms with Crippen LogP contribution in [0.2, 0.25) is 0 Å². The van der Waals surface area contributed by atoms with Gasteiger partial charge in [0.25, 0.3) is 5.91 Å². The zero-order valence-electron chi connectivity index (χ0n) is 14.3. The highest BCUT2D eigenvalue weighted by Gasteiger charge is 2.61. The summed E-state index contributed by atoms with van der Waals surface area (Å²) in [6.07, 6.45) is 0. The van der Waals surface area contributed by atoms with Crippen molar-refractivity contribution in [3.05, 3.63) is 29.8 Å². The predicted molar refractivity (Wildman–Crippen MR) is 93.9 cm³/mol. The van der Waals surface area contributed by atoms with Gasteiger partial charge in [0.05, 0.1) is 12.8 Å². The van der Waals surface area contributed by atoms with Crippen molar-refractivity contribution >= 4 is 46.3 Å². The monoisotopic (exact) mass is 376 g/mol. The molecule has 0 radical (unpaired) electrons. The van der Waals surface area contributed by atoms with E-state index in [4.69, 9.17) is 0 Å². The van der Waals surface area contributed by atoms with Crippen LogP contribution in [0.25, 0.3) is 0 Å². The Morgan fingerprint density at radius 3 is 2.58 bits per heavy atom. The van der Waals surface area contributed by atoms with E-state index in [2.05, 4.69) is 15.2 Å². The lowest BCUT2D eigenvalue weighted by atomic mass is 10.1. The topological polar surface area (TPSA) is 108 Å². The lowest BCUT2D eigenvalue weighted by Crippen LogP contribution is -2.49. The molecule has 1 atom stereocenters. The number of amidine groups is 1. The number of hydrogen-bond donors (Lipinski definition) is 1. The van der Waals surface area contributed by atoms with Gasteiger partial charge in [-0.2, -0.15) is 5.01 Å². The van der Waals surface area contributed by atoms with Crippen LogP contribution in [0.15, 0.2) is 29.4 Å². The molecular weight excluding hydrogens is 360 g/mol. The SMILES string of the molecule is COC(=O)CN1C(=O)[C@]2(SC(NC(C)=O)=NN2C(C)=O)c2ccccc21. The summed E-state index contributed by atoms with van der Waals surface area (Å²) in [6.45, 7) is 2.29. The molecule has 3 rings (SSSR count). The second-order valence-electron chi connectivity index (χ2n) is 5.65. The van der Waals surface area contributed by atoms with Gasteiger partial charge >= 0.3 is 5.97 Å². The molecule has 0 saturated heterocycles. The standard InChI is InChI=1S/C16H16N4O5S/c1-9(21)17-15-18-20(10(2)22)16(26-15)11-6-4-5-7-12(11)19(14(16)24)8-13(23)25-3/h4-7H,8H2,1-3H3,(H,17,18,21)/t16-/m1/s1. The number of amides is 3. The summed E-state index contributed by atoms with van der Waals surface area (Å²) in [5, 5.41) is 7.81. The number of anilines is 1. The van der Waals surface area contributed by atoms with E-state index in [-0.39, 0.29) is 17.6 Å². The van der Waals surface area contributed by atoms with E-state index in [1.165, 1.54) is 25.9 Å². The van der Waals surface area contributed by atoms with Gasteiger partial charge in [0.1, 0.15) is 6.54 Å². The molecule has 0 aromatic heterocycles. The van der Waals surface area contributed by atoms with Crippen molar-refractivity contribution < 1.29 is 23.9 Å². The number of thioether (sulfide) groups is 1. The first kappa shape index (κ1) is 17.9. The van der Waals surface area contributed by atoms with Gasteiger partial charge in [0, 0.05) is 19.4 Å². The van der Waals surface area contributed by atoms with E-state index in [1.54, 1.807) is 24.3 Å². The molecule has 136 valence electrons. The number of methoxy groups -OCH3 is 1. The van der Waals surface area contributed by atoms with Crippen molar-refractivity contribution in [3.8, 4) is 0 Å². The fraction of sp³-hybridized carbons (Fsp3) is 0.312. The number of carbonyl (C=O) groups excluding carboxylic acids is 4. The largest absolute Gasteiger partial charge is 0.468 e. The van der Waals surface area contributed by atoms with Crippen molar-refractivity contribution in [2.24, 2.45) is 5.10 Å². The second-order valence-corrected chi connectivity index (χ2v) is 6.83. The molecule has 3 amide bonds. The van der Waals surface area contributed by atoms with E-state index >= 15 is 0 Å². The van der Waals surface area contributed by atoms with Gasteiger partial charge in [-0.25, -0.2) is 0 Å². The molecule has 1 N–H and O–H groups in total. The first-order valence-corrected chi connectivity index (χ1v) is 8.47. The molecule has 0 aliphatic carbocycles. The highest BCUT2D eigenvalue weighted by atomic mass is 32.2. The number of benzene rings is 1. The molecule has 2 aliphatic rings. The van der Waals surface area contributed by atoms with Crippen molar-refractivity contribution in [3.63, 3.8) is 0 Å². The summed E-state index contributed by atoms with van der Waals surface area (Å²) in [6, 6.07) is 6.83. The minimum absolute atomic E-state index is 0.135. The third-order valence-corrected chi connectivity index (χ3v) is 5.16. The molecule has 0 saturated carbocycles. The van der Waals surface area contributed by atoms with Gasteiger partial charge in [0.15, 0.2) is 5.17 Å². The van der Waals surface area contributed by atoms with Crippen LogP contribution in [-0.2, 0) is 28.8 Å². The van der Waals surface area contributed by atoms with Gasteiger partial charge in [-0.15, -0.1) is 5.10 Å². The molecule has 1 aromatic rings. The number of fused-ring (bicyclic) bond motifs is 2. The van der Waals surface area contributed by atoms with Gasteiger partial charge in [-0.1, -0.05) is 18.2 Å². The molecule has 0 fully saturated rings. The first-order valence-electron chi connectivity index (χ1n) is 7.65. The molecule has 0 unspecified atom stereocenters. The molecule has 9 nitrogen and oxygen atoms in total. The summed E-state index contributed by atoms with van der Waals surface area (Å²) >= 11 is 0.954. The summed E-state index contributed by atoms with van der Waals surface area (Å²) in [7, 11) is 1.23. The van der Waals surface area contributed by atoms with Crippen LogP contribution >= 0.6 is 11.8 Å². The van der Waals surface area contributed by atoms with Gasteiger partial charge in [-0.05, 0) is 17.8 Å². The zero-order chi connectivity index (χ0) is 19.1. The van der Waals surface area contributed by atoms with Crippen LogP contribution in [0.4, 0.5) is 5.69 Å². The number of carbonyl (C=O) groups is 4. The maximum absolute atomic E-state index is 13.3. The number of nitrogens with zero attached hydrogens (tertiary/aromatic N) is 3. The molecule has 26 heavy (non-hydrogen) atoms. The third-order valence-electron chi connectivity index (χ3n) is 3.92. The van der Waals surface area contributed by atoms with E-state index in [0.29, 0.717) is 11.3 Å². The fourth-order valence-corrected chi connectivity index (χ4v) is 4.25. The maximum atomic E-state index is 13.3. The lowest BCUT2D eigenvalue weighted by molar-refractivity contribution is -0.141. The van der Waals surface area contributed by atoms with Crippen LogP contribution in [0.1, 0.15) is 19.4 Å². The van der Waals surface area contributed by atoms with Crippen molar-refractivity contribution in [1.29, 1.82) is 0 Å². The Bertz CT molecular complexity index is 855. The van der Waals surface area contributed by atoms with E-state index < -0.39 is 22.7 Å². The highest BCUT2D eigenvalue weighted by Crippen LogP contribution is 2.54. The Kier molecular flexibility index (Phi) is 4.45. The zero-order valence-corrected chi connectivity index (χ0v) is 15.1. The fourth-order valence-electron chi connectivity index (χ4n) is 2.92. The van der Waals surface area contributed by atoms with Crippen LogP contribution < -0.4 is 10.2 Å². The third kappa shape index (κ3) is 2.62. The Labute approximate surface area is 153 Å². The molecular formula is C16H16N4O5S. The van der Waals surface area contributed by atoms with Crippen LogP contribution in [-0.4, -0.2) is 47.5 Å². The number of nitrogens with one attached hydrogen (secondary N) is 1. The Morgan fingerprint density at radius 1 is 1.27 bits per heavy atom. The van der Waals surface area contributed by atoms with Gasteiger partial charge in [0.2, 0.25) is 16.7 Å². The molecule has 10 heteroatoms. The number of hydrogen-bond acceptors (Lipinski definition) is 7. The number of hydrazone groups is 1. The highest BCUT2D eigenvalue weighted by molar-refractivity contribution is 8.15. The molecule has 2 aliphatic heterocycles. The predicted octanol–water partition coefficient (Wildman–Crippen LogP) is 0.361. The van der Waals surface area contributed by atoms with Crippen molar-refractivity contribution in [2.45, 2.75) is 18.7 Å². The average molecular weight is 376 g/mol. The van der Waals surface area contributed by atoms with E-state index in [9.17, 15) is 19.2 Å². The normalized spacial score (nSPS) is 20.9. The van der Waals surface area contributed by atoms with Crippen LogP contribution in [0.3, 0.4) is 0 Å². The minimum atomic E-state index is -1.51. The van der Waals surface area contributed by atoms with Gasteiger partial charge < -0.3 is 10.1 Å². The van der Waals surface area contributed by atoms with Crippen molar-refractivity contribution in [1.82, 2.24) is 10.3 Å². The quantitative estimate of drug-likeness (QED) is 0.747. The lowest BCUT2D eigenvalue weighted by Gasteiger charge is -2.29. The van der Waals surface area contributed by atoms with Crippen molar-refractivity contribution in [2.75, 3.05) is 18.6 Å². The maximum Gasteiger partial charge on any atom is 0.325 e. The number of para-hydroxylation sites is 1. The molecule has 2 heterocycles. The van der Waals surface area contributed by atoms with Crippen LogP contribution in [0.5, 0.6) is 0 Å². The summed E-state index contributed by atoms with van der Waals surface area (Å²) in [5.74, 6) is -1.94. The Hall–Kier alpha value is -2.88. The number of ether oxygens (including phenoxy) is 1. The van der Waals surface area contributed by atoms with E-state index in [1.807, 2.05) is 0 Å². The Morgan fingerprint density at radius 2 is 1.96 bits per heavy atom. The van der Waals surface area contributed by atoms with Gasteiger partial charge in [-0.3, -0.25) is 24.1 Å². The Balaban J connectivity index is 2.11. The summed E-state index contributed by atoms with van der Waals surface area (Å²) < 4.78 is 4.67. The molecule has 1 aromatic carbocycles. The average Bonchev–Trinajstić information content (AvgIpc) is 3.07. The summed E-state index contributed by atoms with van der Waals surface area (Å²) in [5.41, 5.74) is 0.999. The molecule has 0 bridgehead atoms. The number of esters is 1. The summed E-state index contributed by atoms with van der Waals surface area (Å²) in [4.78, 5) is 48.4. The van der Waals surface area contributed by atoms with Crippen LogP contribution in [0, 0.1) is 0 Å². The smallest absolute Gasteiger partial charge is 0.325 e. The number of rotatable bonds is 2. The first-order chi connectivity index (χ1) is 12.3. The second kappa shape index (κ2) is 6.45. The minimum Gasteiger partial charge on any atom is -0.468 e. The molecule has 1 spiro atoms.